The molecule has 21 heavy (non-hydrogen) atoms. The van der Waals surface area contributed by atoms with Gasteiger partial charge in [0.25, 0.3) is 15.0 Å². The molecule has 8 heteroatoms. The summed E-state index contributed by atoms with van der Waals surface area (Å²) in [7, 11) is 3.02. The molecule has 1 aliphatic rings. The summed E-state index contributed by atoms with van der Waals surface area (Å²) in [5, 5.41) is 2.76. The summed E-state index contributed by atoms with van der Waals surface area (Å²) in [6.45, 7) is 1.37. The number of halogens is 1. The summed E-state index contributed by atoms with van der Waals surface area (Å²) in [5.74, 6) is -0.308. The van der Waals surface area contributed by atoms with Crippen molar-refractivity contribution in [3.8, 4) is 0 Å². The number of carbonyl (C=O) groups excluding carboxylic acids is 1. The van der Waals surface area contributed by atoms with E-state index in [1.165, 1.54) is 24.3 Å². The molecule has 1 aliphatic heterocycles. The van der Waals surface area contributed by atoms with Gasteiger partial charge in [-0.3, -0.25) is 4.79 Å². The summed E-state index contributed by atoms with van der Waals surface area (Å²) >= 11 is 0. The normalized spacial score (nSPS) is 22.2. The second-order valence-electron chi connectivity index (χ2n) is 4.83. The number of methoxy groups -OCH3 is 1. The van der Waals surface area contributed by atoms with Gasteiger partial charge < -0.3 is 14.8 Å². The van der Waals surface area contributed by atoms with Gasteiger partial charge in [0.2, 0.25) is 0 Å². The zero-order valence-electron chi connectivity index (χ0n) is 11.5. The second-order valence-corrected chi connectivity index (χ2v) is 7.40. The van der Waals surface area contributed by atoms with Crippen molar-refractivity contribution in [3.63, 3.8) is 0 Å². The van der Waals surface area contributed by atoms with Gasteiger partial charge in [0.15, 0.2) is 0 Å². The van der Waals surface area contributed by atoms with Crippen LogP contribution < -0.4 is 5.32 Å². The van der Waals surface area contributed by atoms with Crippen molar-refractivity contribution in [3.05, 3.63) is 29.8 Å². The molecule has 0 bridgehead atoms. The Morgan fingerprint density at radius 3 is 2.57 bits per heavy atom. The van der Waals surface area contributed by atoms with E-state index in [2.05, 4.69) is 5.32 Å². The van der Waals surface area contributed by atoms with E-state index in [0.29, 0.717) is 31.7 Å². The molecule has 1 N–H and O–H groups in total. The van der Waals surface area contributed by atoms with Crippen LogP contribution in [0.1, 0.15) is 16.8 Å². The van der Waals surface area contributed by atoms with Gasteiger partial charge in [0, 0.05) is 42.9 Å². The van der Waals surface area contributed by atoms with Crippen LogP contribution in [0.15, 0.2) is 29.2 Å². The average molecular weight is 334 g/mol. The zero-order chi connectivity index (χ0) is 15.5. The maximum atomic E-state index is 12.0. The van der Waals surface area contributed by atoms with Gasteiger partial charge >= 0.3 is 0 Å². The largest absolute Gasteiger partial charge is 0.378 e. The highest BCUT2D eigenvalue weighted by molar-refractivity contribution is 8.13. The first kappa shape index (κ1) is 16.2. The fourth-order valence-corrected chi connectivity index (χ4v) is 2.84. The highest BCUT2D eigenvalue weighted by atomic mass is 35.7. The van der Waals surface area contributed by atoms with Gasteiger partial charge in [-0.05, 0) is 24.3 Å². The van der Waals surface area contributed by atoms with E-state index in [0.717, 1.165) is 0 Å². The van der Waals surface area contributed by atoms with E-state index < -0.39 is 14.7 Å². The highest BCUT2D eigenvalue weighted by Crippen LogP contribution is 2.21. The molecule has 0 spiro atoms. The molecule has 0 saturated carbocycles. The predicted molar refractivity (Wildman–Crippen MR) is 77.0 cm³/mol. The fourth-order valence-electron chi connectivity index (χ4n) is 2.07. The van der Waals surface area contributed by atoms with Crippen LogP contribution in [0.4, 0.5) is 0 Å². The minimum atomic E-state index is -3.78. The van der Waals surface area contributed by atoms with Crippen LogP contribution in [0, 0.1) is 0 Å². The van der Waals surface area contributed by atoms with Crippen molar-refractivity contribution in [1.82, 2.24) is 5.32 Å². The van der Waals surface area contributed by atoms with Crippen LogP contribution in [0.2, 0.25) is 0 Å². The number of hydrogen-bond donors (Lipinski definition) is 1. The molecular formula is C13H16ClNO5S. The zero-order valence-corrected chi connectivity index (χ0v) is 13.0. The first-order chi connectivity index (χ1) is 9.86. The van der Waals surface area contributed by atoms with E-state index in [-0.39, 0.29) is 10.8 Å². The number of benzene rings is 1. The van der Waals surface area contributed by atoms with Crippen molar-refractivity contribution in [1.29, 1.82) is 0 Å². The molecule has 1 aromatic carbocycles. The molecule has 1 atom stereocenters. The topological polar surface area (TPSA) is 81.7 Å². The molecule has 2 rings (SSSR count). The highest BCUT2D eigenvalue weighted by Gasteiger charge is 2.35. The molecule has 1 unspecified atom stereocenters. The number of carbonyl (C=O) groups is 1. The molecule has 0 aromatic heterocycles. The Labute approximate surface area is 127 Å². The van der Waals surface area contributed by atoms with Gasteiger partial charge in [-0.1, -0.05) is 0 Å². The molecule has 0 radical (unpaired) electrons. The van der Waals surface area contributed by atoms with Gasteiger partial charge in [0.1, 0.15) is 5.60 Å². The van der Waals surface area contributed by atoms with Crippen LogP contribution in [0.25, 0.3) is 0 Å². The molecule has 1 aromatic rings. The second kappa shape index (κ2) is 6.31. The van der Waals surface area contributed by atoms with Crippen molar-refractivity contribution in [2.75, 3.05) is 26.9 Å². The molecule has 1 amide bonds. The molecular weight excluding hydrogens is 318 g/mol. The van der Waals surface area contributed by atoms with E-state index in [4.69, 9.17) is 20.2 Å². The van der Waals surface area contributed by atoms with Crippen LogP contribution in [0.5, 0.6) is 0 Å². The SMILES string of the molecule is COC1(CNC(=O)c2ccc(S(=O)(=O)Cl)cc2)CCOC1. The maximum absolute atomic E-state index is 12.0. The lowest BCUT2D eigenvalue weighted by Crippen LogP contribution is -2.45. The van der Waals surface area contributed by atoms with Crippen molar-refractivity contribution in [2.24, 2.45) is 0 Å². The molecule has 6 nitrogen and oxygen atoms in total. The number of hydrogen-bond acceptors (Lipinski definition) is 5. The lowest BCUT2D eigenvalue weighted by Gasteiger charge is -2.25. The van der Waals surface area contributed by atoms with Crippen molar-refractivity contribution in [2.45, 2.75) is 16.9 Å². The van der Waals surface area contributed by atoms with Crippen molar-refractivity contribution >= 4 is 25.6 Å². The van der Waals surface area contributed by atoms with E-state index in [9.17, 15) is 13.2 Å². The quantitative estimate of drug-likeness (QED) is 0.817. The standard InChI is InChI=1S/C13H16ClNO5S/c1-19-13(6-7-20-9-13)8-15-12(16)10-2-4-11(5-3-10)21(14,17)18/h2-5H,6-9H2,1H3,(H,15,16). The summed E-state index contributed by atoms with van der Waals surface area (Å²) in [5.41, 5.74) is -0.140. The minimum Gasteiger partial charge on any atom is -0.378 e. The molecule has 116 valence electrons. The van der Waals surface area contributed by atoms with Gasteiger partial charge in [0.05, 0.1) is 11.5 Å². The van der Waals surface area contributed by atoms with Gasteiger partial charge in [-0.2, -0.15) is 0 Å². The monoisotopic (exact) mass is 333 g/mol. The van der Waals surface area contributed by atoms with Crippen LogP contribution in [0.3, 0.4) is 0 Å². The Balaban J connectivity index is 2.00. The lowest BCUT2D eigenvalue weighted by atomic mass is 10.0. The number of amides is 1. The van der Waals surface area contributed by atoms with Crippen LogP contribution in [-0.4, -0.2) is 46.8 Å². The first-order valence-corrected chi connectivity index (χ1v) is 8.63. The predicted octanol–water partition coefficient (Wildman–Crippen LogP) is 1.15. The van der Waals surface area contributed by atoms with Crippen molar-refractivity contribution < 1.29 is 22.7 Å². The summed E-state index contributed by atoms with van der Waals surface area (Å²) in [4.78, 5) is 12.0. The Morgan fingerprint density at radius 1 is 1.43 bits per heavy atom. The smallest absolute Gasteiger partial charge is 0.261 e. The molecule has 1 heterocycles. The Bertz CT molecular complexity index is 608. The van der Waals surface area contributed by atoms with Gasteiger partial charge in [-0.15, -0.1) is 0 Å². The average Bonchev–Trinajstić information content (AvgIpc) is 2.93. The third kappa shape index (κ3) is 3.94. The maximum Gasteiger partial charge on any atom is 0.261 e. The summed E-state index contributed by atoms with van der Waals surface area (Å²) in [6.07, 6.45) is 0.715. The van der Waals surface area contributed by atoms with Crippen LogP contribution in [-0.2, 0) is 18.5 Å². The van der Waals surface area contributed by atoms with E-state index in [1.807, 2.05) is 0 Å². The number of nitrogens with one attached hydrogen (secondary N) is 1. The third-order valence-corrected chi connectivity index (χ3v) is 4.84. The Kier molecular flexibility index (Phi) is 4.88. The van der Waals surface area contributed by atoms with E-state index in [1.54, 1.807) is 7.11 Å². The minimum absolute atomic E-state index is 0.0433. The first-order valence-electron chi connectivity index (χ1n) is 6.32. The lowest BCUT2D eigenvalue weighted by molar-refractivity contribution is -0.0148. The molecule has 0 aliphatic carbocycles. The summed E-state index contributed by atoms with van der Waals surface area (Å²) < 4.78 is 33.0. The van der Waals surface area contributed by atoms with Crippen LogP contribution >= 0.6 is 10.7 Å². The van der Waals surface area contributed by atoms with E-state index >= 15 is 0 Å². The Hall–Kier alpha value is -1.15. The van der Waals surface area contributed by atoms with Gasteiger partial charge in [-0.25, -0.2) is 8.42 Å². The number of ether oxygens (including phenoxy) is 2. The Morgan fingerprint density at radius 2 is 2.10 bits per heavy atom. The summed E-state index contributed by atoms with van der Waals surface area (Å²) in [6, 6.07) is 5.41. The fraction of sp³-hybridized carbons (Fsp3) is 0.462. The molecule has 1 fully saturated rings. The molecule has 1 saturated heterocycles. The third-order valence-electron chi connectivity index (χ3n) is 3.47. The number of rotatable bonds is 5.